The van der Waals surface area contributed by atoms with Gasteiger partial charge in [0.1, 0.15) is 0 Å². The SMILES string of the molecule is CC(C)OC(=O)c1ccc(NS(=O)(=O)c2ccc(Cl)cc2)cc1. The molecule has 0 bridgehead atoms. The van der Waals surface area contributed by atoms with Gasteiger partial charge in [0.25, 0.3) is 10.0 Å². The number of esters is 1. The van der Waals surface area contributed by atoms with Crippen LogP contribution in [0, 0.1) is 0 Å². The molecule has 0 radical (unpaired) electrons. The fourth-order valence-corrected chi connectivity index (χ4v) is 2.97. The van der Waals surface area contributed by atoms with Gasteiger partial charge in [-0.1, -0.05) is 11.6 Å². The first kappa shape index (κ1) is 17.3. The van der Waals surface area contributed by atoms with Crippen molar-refractivity contribution in [3.8, 4) is 0 Å². The maximum atomic E-state index is 12.2. The topological polar surface area (TPSA) is 72.5 Å². The Balaban J connectivity index is 2.14. The lowest BCUT2D eigenvalue weighted by Crippen LogP contribution is -2.14. The van der Waals surface area contributed by atoms with Crippen LogP contribution in [0.4, 0.5) is 5.69 Å². The highest BCUT2D eigenvalue weighted by Crippen LogP contribution is 2.19. The van der Waals surface area contributed by atoms with E-state index in [4.69, 9.17) is 16.3 Å². The van der Waals surface area contributed by atoms with Crippen LogP contribution in [0.25, 0.3) is 0 Å². The molecule has 2 aromatic carbocycles. The number of carbonyl (C=O) groups excluding carboxylic acids is 1. The van der Waals surface area contributed by atoms with Crippen LogP contribution in [-0.4, -0.2) is 20.5 Å². The van der Waals surface area contributed by atoms with Crippen LogP contribution in [0.5, 0.6) is 0 Å². The van der Waals surface area contributed by atoms with Gasteiger partial charge in [0, 0.05) is 10.7 Å². The summed E-state index contributed by atoms with van der Waals surface area (Å²) in [5.74, 6) is -0.452. The molecule has 0 saturated carbocycles. The van der Waals surface area contributed by atoms with E-state index in [-0.39, 0.29) is 11.0 Å². The first-order valence-electron chi connectivity index (χ1n) is 6.87. The van der Waals surface area contributed by atoms with Crippen LogP contribution in [0.15, 0.2) is 53.4 Å². The highest BCUT2D eigenvalue weighted by Gasteiger charge is 2.15. The number of sulfonamides is 1. The number of ether oxygens (including phenoxy) is 1. The zero-order chi connectivity index (χ0) is 17.0. The molecule has 1 N–H and O–H groups in total. The number of nitrogens with one attached hydrogen (secondary N) is 1. The number of hydrogen-bond acceptors (Lipinski definition) is 4. The van der Waals surface area contributed by atoms with E-state index >= 15 is 0 Å². The Hall–Kier alpha value is -2.05. The van der Waals surface area contributed by atoms with Gasteiger partial charge in [0.15, 0.2) is 0 Å². The van der Waals surface area contributed by atoms with E-state index in [1.165, 1.54) is 48.5 Å². The van der Waals surface area contributed by atoms with Crippen LogP contribution >= 0.6 is 11.6 Å². The number of benzene rings is 2. The van der Waals surface area contributed by atoms with Gasteiger partial charge < -0.3 is 4.74 Å². The molecule has 0 aliphatic rings. The highest BCUT2D eigenvalue weighted by molar-refractivity contribution is 7.92. The van der Waals surface area contributed by atoms with E-state index in [0.717, 1.165) is 0 Å². The highest BCUT2D eigenvalue weighted by atomic mass is 35.5. The van der Waals surface area contributed by atoms with Crippen LogP contribution in [-0.2, 0) is 14.8 Å². The second kappa shape index (κ2) is 7.02. The van der Waals surface area contributed by atoms with Crippen molar-refractivity contribution in [1.82, 2.24) is 0 Å². The van der Waals surface area contributed by atoms with Crippen LogP contribution in [0.3, 0.4) is 0 Å². The van der Waals surface area contributed by atoms with E-state index in [2.05, 4.69) is 4.72 Å². The third-order valence-electron chi connectivity index (χ3n) is 2.84. The summed E-state index contributed by atoms with van der Waals surface area (Å²) in [7, 11) is -3.71. The Labute approximate surface area is 140 Å². The summed E-state index contributed by atoms with van der Waals surface area (Å²) >= 11 is 5.75. The number of halogens is 1. The van der Waals surface area contributed by atoms with E-state index in [0.29, 0.717) is 16.3 Å². The first-order chi connectivity index (χ1) is 10.8. The predicted molar refractivity (Wildman–Crippen MR) is 89.3 cm³/mol. The van der Waals surface area contributed by atoms with Crippen molar-refractivity contribution in [3.63, 3.8) is 0 Å². The number of carbonyl (C=O) groups is 1. The van der Waals surface area contributed by atoms with Crippen LogP contribution < -0.4 is 4.72 Å². The summed E-state index contributed by atoms with van der Waals surface area (Å²) in [6.45, 7) is 3.51. The molecule has 0 aromatic heterocycles. The maximum absolute atomic E-state index is 12.2. The molecule has 0 saturated heterocycles. The monoisotopic (exact) mass is 353 g/mol. The molecule has 0 aliphatic carbocycles. The molecule has 0 heterocycles. The van der Waals surface area contributed by atoms with Gasteiger partial charge in [-0.3, -0.25) is 4.72 Å². The Kier molecular flexibility index (Phi) is 5.28. The van der Waals surface area contributed by atoms with Crippen LogP contribution in [0.1, 0.15) is 24.2 Å². The van der Waals surface area contributed by atoms with E-state index in [1.54, 1.807) is 13.8 Å². The molecule has 122 valence electrons. The number of hydrogen-bond donors (Lipinski definition) is 1. The lowest BCUT2D eigenvalue weighted by molar-refractivity contribution is 0.0378. The molecular weight excluding hydrogens is 338 g/mol. The van der Waals surface area contributed by atoms with Gasteiger partial charge in [-0.2, -0.15) is 0 Å². The molecule has 2 rings (SSSR count). The fourth-order valence-electron chi connectivity index (χ4n) is 1.78. The smallest absolute Gasteiger partial charge is 0.338 e. The van der Waals surface area contributed by atoms with E-state index < -0.39 is 16.0 Å². The van der Waals surface area contributed by atoms with Crippen molar-refractivity contribution >= 4 is 33.3 Å². The minimum atomic E-state index is -3.71. The number of rotatable bonds is 5. The predicted octanol–water partition coefficient (Wildman–Crippen LogP) is 3.71. The summed E-state index contributed by atoms with van der Waals surface area (Å²) < 4.78 is 32.0. The summed E-state index contributed by atoms with van der Waals surface area (Å²) in [4.78, 5) is 11.8. The largest absolute Gasteiger partial charge is 0.459 e. The van der Waals surface area contributed by atoms with Crippen molar-refractivity contribution in [3.05, 3.63) is 59.1 Å². The second-order valence-electron chi connectivity index (χ2n) is 5.09. The summed E-state index contributed by atoms with van der Waals surface area (Å²) in [6, 6.07) is 11.9. The normalized spacial score (nSPS) is 11.3. The summed E-state index contributed by atoms with van der Waals surface area (Å²) in [6.07, 6.45) is -0.217. The van der Waals surface area contributed by atoms with Crippen molar-refractivity contribution in [2.45, 2.75) is 24.8 Å². The van der Waals surface area contributed by atoms with Gasteiger partial charge >= 0.3 is 5.97 Å². The molecule has 0 fully saturated rings. The van der Waals surface area contributed by atoms with Crippen molar-refractivity contribution in [2.24, 2.45) is 0 Å². The molecule has 7 heteroatoms. The average Bonchev–Trinajstić information content (AvgIpc) is 2.47. The maximum Gasteiger partial charge on any atom is 0.338 e. The minimum absolute atomic E-state index is 0.102. The van der Waals surface area contributed by atoms with E-state index in [9.17, 15) is 13.2 Å². The van der Waals surface area contributed by atoms with Gasteiger partial charge in [0.05, 0.1) is 16.6 Å². The Morgan fingerprint density at radius 1 is 1.04 bits per heavy atom. The average molecular weight is 354 g/mol. The van der Waals surface area contributed by atoms with Gasteiger partial charge in [-0.15, -0.1) is 0 Å². The third-order valence-corrected chi connectivity index (χ3v) is 4.49. The van der Waals surface area contributed by atoms with Gasteiger partial charge in [-0.05, 0) is 62.4 Å². The third kappa shape index (κ3) is 4.71. The molecule has 5 nitrogen and oxygen atoms in total. The molecule has 0 amide bonds. The zero-order valence-electron chi connectivity index (χ0n) is 12.6. The summed E-state index contributed by atoms with van der Waals surface area (Å²) in [5, 5.41) is 0.456. The van der Waals surface area contributed by atoms with E-state index in [1.807, 2.05) is 0 Å². The molecule has 0 aliphatic heterocycles. The zero-order valence-corrected chi connectivity index (χ0v) is 14.2. The first-order valence-corrected chi connectivity index (χ1v) is 8.73. The lowest BCUT2D eigenvalue weighted by Gasteiger charge is -2.10. The molecule has 0 atom stereocenters. The quantitative estimate of drug-likeness (QED) is 0.832. The number of anilines is 1. The van der Waals surface area contributed by atoms with Crippen molar-refractivity contribution in [2.75, 3.05) is 4.72 Å². The van der Waals surface area contributed by atoms with Crippen LogP contribution in [0.2, 0.25) is 5.02 Å². The lowest BCUT2D eigenvalue weighted by atomic mass is 10.2. The summed E-state index contributed by atoms with van der Waals surface area (Å²) in [5.41, 5.74) is 0.703. The standard InChI is InChI=1S/C16H16ClNO4S/c1-11(2)22-16(19)12-3-7-14(8-4-12)18-23(20,21)15-9-5-13(17)6-10-15/h3-11,18H,1-2H3. The Bertz CT molecular complexity index is 784. The molecule has 0 unspecified atom stereocenters. The van der Waals surface area contributed by atoms with Crippen molar-refractivity contribution in [1.29, 1.82) is 0 Å². The molecule has 2 aromatic rings. The second-order valence-corrected chi connectivity index (χ2v) is 7.21. The van der Waals surface area contributed by atoms with Gasteiger partial charge in [-0.25, -0.2) is 13.2 Å². The Morgan fingerprint density at radius 2 is 1.61 bits per heavy atom. The van der Waals surface area contributed by atoms with Gasteiger partial charge in [0.2, 0.25) is 0 Å². The molecule has 23 heavy (non-hydrogen) atoms. The fraction of sp³-hybridized carbons (Fsp3) is 0.188. The Morgan fingerprint density at radius 3 is 2.13 bits per heavy atom. The van der Waals surface area contributed by atoms with Crippen molar-refractivity contribution < 1.29 is 17.9 Å². The molecular formula is C16H16ClNO4S. The molecule has 0 spiro atoms. The minimum Gasteiger partial charge on any atom is -0.459 e.